The van der Waals surface area contributed by atoms with Crippen LogP contribution in [0.3, 0.4) is 0 Å². The number of para-hydroxylation sites is 1. The summed E-state index contributed by atoms with van der Waals surface area (Å²) in [6.07, 6.45) is 0.900. The van der Waals surface area contributed by atoms with Crippen LogP contribution in [0.4, 0.5) is 5.69 Å². The van der Waals surface area contributed by atoms with Crippen molar-refractivity contribution in [1.82, 2.24) is 10.2 Å². The highest BCUT2D eigenvalue weighted by Crippen LogP contribution is 2.32. The van der Waals surface area contributed by atoms with Crippen LogP contribution < -0.4 is 4.90 Å². The van der Waals surface area contributed by atoms with E-state index in [1.807, 2.05) is 61.2 Å². The van der Waals surface area contributed by atoms with E-state index in [0.717, 1.165) is 29.8 Å². The second-order valence-electron chi connectivity index (χ2n) is 6.37. The molecule has 6 heteroatoms. The Morgan fingerprint density at radius 2 is 2.04 bits per heavy atom. The van der Waals surface area contributed by atoms with Crippen LogP contribution in [0.5, 0.6) is 0 Å². The normalized spacial score (nSPS) is 14.3. The van der Waals surface area contributed by atoms with Crippen LogP contribution in [-0.2, 0) is 11.2 Å². The molecule has 26 heavy (non-hydrogen) atoms. The lowest BCUT2D eigenvalue weighted by Crippen LogP contribution is -2.35. The molecule has 2 heterocycles. The first kappa shape index (κ1) is 16.8. The van der Waals surface area contributed by atoms with Crippen molar-refractivity contribution in [1.29, 1.82) is 0 Å². The minimum atomic E-state index is -0.299. The number of thioether (sulfide) groups is 1. The fourth-order valence-electron chi connectivity index (χ4n) is 3.14. The second-order valence-corrected chi connectivity index (χ2v) is 7.66. The number of fused-ring (bicyclic) bond motifs is 1. The number of anilines is 1. The van der Waals surface area contributed by atoms with Crippen LogP contribution in [0.25, 0.3) is 11.5 Å². The van der Waals surface area contributed by atoms with E-state index in [-0.39, 0.29) is 11.2 Å². The van der Waals surface area contributed by atoms with Gasteiger partial charge in [0.15, 0.2) is 0 Å². The van der Waals surface area contributed by atoms with Crippen LogP contribution in [0.2, 0.25) is 0 Å². The Morgan fingerprint density at radius 3 is 2.88 bits per heavy atom. The van der Waals surface area contributed by atoms with E-state index in [1.54, 1.807) is 0 Å². The molecule has 4 rings (SSSR count). The fourth-order valence-corrected chi connectivity index (χ4v) is 3.89. The van der Waals surface area contributed by atoms with Crippen LogP contribution in [0.1, 0.15) is 18.1 Å². The second kappa shape index (κ2) is 6.96. The van der Waals surface area contributed by atoms with Crippen molar-refractivity contribution >= 4 is 23.4 Å². The predicted octanol–water partition coefficient (Wildman–Crippen LogP) is 4.11. The van der Waals surface area contributed by atoms with Gasteiger partial charge in [-0.05, 0) is 44.0 Å². The Labute approximate surface area is 156 Å². The first-order valence-corrected chi connectivity index (χ1v) is 9.46. The summed E-state index contributed by atoms with van der Waals surface area (Å²) in [5.74, 6) is 0.539. The van der Waals surface area contributed by atoms with Gasteiger partial charge in [-0.2, -0.15) is 0 Å². The maximum Gasteiger partial charge on any atom is 0.277 e. The van der Waals surface area contributed by atoms with Gasteiger partial charge < -0.3 is 9.32 Å². The van der Waals surface area contributed by atoms with Crippen molar-refractivity contribution in [3.8, 4) is 11.5 Å². The zero-order valence-corrected chi connectivity index (χ0v) is 15.5. The van der Waals surface area contributed by atoms with Gasteiger partial charge >= 0.3 is 0 Å². The number of amides is 1. The largest absolute Gasteiger partial charge is 0.411 e. The van der Waals surface area contributed by atoms with Crippen molar-refractivity contribution in [2.24, 2.45) is 0 Å². The molecule has 1 aromatic heterocycles. The maximum atomic E-state index is 12.8. The third-order valence-corrected chi connectivity index (χ3v) is 5.37. The molecule has 3 aromatic rings. The first-order chi connectivity index (χ1) is 12.6. The van der Waals surface area contributed by atoms with E-state index in [1.165, 1.54) is 17.3 Å². The summed E-state index contributed by atoms with van der Waals surface area (Å²) in [4.78, 5) is 14.7. The molecule has 0 radical (unpaired) electrons. The van der Waals surface area contributed by atoms with Gasteiger partial charge in [0, 0.05) is 17.8 Å². The standard InChI is InChI=1S/C20H19N3O2S/c1-13-6-5-8-16(12-13)18-21-22-20(25-18)26-14(2)19(24)23-11-10-15-7-3-4-9-17(15)23/h3-9,12,14H,10-11H2,1-2H3/t14-/m0/s1. The highest BCUT2D eigenvalue weighted by Gasteiger charge is 2.29. The van der Waals surface area contributed by atoms with E-state index >= 15 is 0 Å². The summed E-state index contributed by atoms with van der Waals surface area (Å²) in [7, 11) is 0. The number of aromatic nitrogens is 2. The maximum absolute atomic E-state index is 12.8. The zero-order valence-electron chi connectivity index (χ0n) is 14.7. The molecule has 1 aliphatic heterocycles. The van der Waals surface area contributed by atoms with Gasteiger partial charge in [0.05, 0.1) is 5.25 Å². The van der Waals surface area contributed by atoms with Crippen molar-refractivity contribution in [2.75, 3.05) is 11.4 Å². The first-order valence-electron chi connectivity index (χ1n) is 8.58. The highest BCUT2D eigenvalue weighted by molar-refractivity contribution is 8.00. The number of rotatable bonds is 4. The summed E-state index contributed by atoms with van der Waals surface area (Å²) in [5.41, 5.74) is 4.25. The van der Waals surface area contributed by atoms with Crippen LogP contribution in [-0.4, -0.2) is 27.9 Å². The Bertz CT molecular complexity index is 953. The summed E-state index contributed by atoms with van der Waals surface area (Å²) >= 11 is 1.30. The number of nitrogens with zero attached hydrogens (tertiary/aromatic N) is 3. The summed E-state index contributed by atoms with van der Waals surface area (Å²) < 4.78 is 5.75. The molecule has 0 fully saturated rings. The molecule has 1 amide bonds. The van der Waals surface area contributed by atoms with Gasteiger partial charge in [-0.15, -0.1) is 10.2 Å². The molecule has 0 unspecified atom stereocenters. The predicted molar refractivity (Wildman–Crippen MR) is 102 cm³/mol. The minimum Gasteiger partial charge on any atom is -0.411 e. The molecule has 5 nitrogen and oxygen atoms in total. The number of benzene rings is 2. The quantitative estimate of drug-likeness (QED) is 0.651. The third kappa shape index (κ3) is 3.24. The topological polar surface area (TPSA) is 59.2 Å². The van der Waals surface area contributed by atoms with Gasteiger partial charge in [-0.3, -0.25) is 4.79 Å². The number of hydrogen-bond donors (Lipinski definition) is 0. The van der Waals surface area contributed by atoms with E-state index in [4.69, 9.17) is 4.42 Å². The van der Waals surface area contributed by atoms with Crippen molar-refractivity contribution < 1.29 is 9.21 Å². The molecule has 1 aliphatic rings. The summed E-state index contributed by atoms with van der Waals surface area (Å²) in [6, 6.07) is 16.0. The molecule has 1 atom stereocenters. The van der Waals surface area contributed by atoms with E-state index in [2.05, 4.69) is 16.3 Å². The Morgan fingerprint density at radius 1 is 1.19 bits per heavy atom. The number of carbonyl (C=O) groups excluding carboxylic acids is 1. The number of carbonyl (C=O) groups is 1. The van der Waals surface area contributed by atoms with Gasteiger partial charge in [0.1, 0.15) is 0 Å². The summed E-state index contributed by atoms with van der Waals surface area (Å²) in [5, 5.41) is 8.31. The minimum absolute atomic E-state index is 0.0651. The van der Waals surface area contributed by atoms with E-state index in [9.17, 15) is 4.79 Å². The van der Waals surface area contributed by atoms with Gasteiger partial charge in [0.2, 0.25) is 11.8 Å². The lowest BCUT2D eigenvalue weighted by Gasteiger charge is -2.20. The molecule has 0 bridgehead atoms. The van der Waals surface area contributed by atoms with Gasteiger partial charge in [-0.1, -0.05) is 47.7 Å². The molecule has 0 spiro atoms. The fraction of sp³-hybridized carbons (Fsp3) is 0.250. The average molecular weight is 365 g/mol. The molecule has 132 valence electrons. The van der Waals surface area contributed by atoms with E-state index < -0.39 is 0 Å². The smallest absolute Gasteiger partial charge is 0.277 e. The lowest BCUT2D eigenvalue weighted by molar-refractivity contribution is -0.117. The van der Waals surface area contributed by atoms with Crippen molar-refractivity contribution in [3.05, 3.63) is 59.7 Å². The van der Waals surface area contributed by atoms with Crippen molar-refractivity contribution in [2.45, 2.75) is 30.7 Å². The molecule has 0 aliphatic carbocycles. The monoisotopic (exact) mass is 365 g/mol. The Kier molecular flexibility index (Phi) is 4.51. The molecular formula is C20H19N3O2S. The molecular weight excluding hydrogens is 346 g/mol. The Balaban J connectivity index is 1.47. The van der Waals surface area contributed by atoms with E-state index in [0.29, 0.717) is 11.1 Å². The average Bonchev–Trinajstić information content (AvgIpc) is 3.28. The highest BCUT2D eigenvalue weighted by atomic mass is 32.2. The van der Waals surface area contributed by atoms with Gasteiger partial charge in [-0.25, -0.2) is 0 Å². The van der Waals surface area contributed by atoms with Crippen LogP contribution in [0, 0.1) is 6.92 Å². The molecule has 0 saturated heterocycles. The lowest BCUT2D eigenvalue weighted by atomic mass is 10.1. The number of hydrogen-bond acceptors (Lipinski definition) is 5. The summed E-state index contributed by atoms with van der Waals surface area (Å²) in [6.45, 7) is 4.62. The van der Waals surface area contributed by atoms with Crippen molar-refractivity contribution in [3.63, 3.8) is 0 Å². The van der Waals surface area contributed by atoms with Crippen LogP contribution in [0.15, 0.2) is 58.2 Å². The molecule has 0 saturated carbocycles. The van der Waals surface area contributed by atoms with Gasteiger partial charge in [0.25, 0.3) is 5.22 Å². The SMILES string of the molecule is Cc1cccc(-c2nnc(S[C@@H](C)C(=O)N3CCc4ccccc43)o2)c1. The zero-order chi connectivity index (χ0) is 18.1. The molecule has 2 aromatic carbocycles. The molecule has 0 N–H and O–H groups in total. The number of aryl methyl sites for hydroxylation is 1. The third-order valence-electron chi connectivity index (χ3n) is 4.45. The Hall–Kier alpha value is -2.60. The van der Waals surface area contributed by atoms with Crippen LogP contribution >= 0.6 is 11.8 Å².